The predicted molar refractivity (Wildman–Crippen MR) is 117 cm³/mol. The van der Waals surface area contributed by atoms with E-state index in [-0.39, 0.29) is 0 Å². The molecule has 0 aromatic heterocycles. The van der Waals surface area contributed by atoms with Gasteiger partial charge in [0.1, 0.15) is 0 Å². The Balaban J connectivity index is 1.38. The van der Waals surface area contributed by atoms with Gasteiger partial charge < -0.3 is 0 Å². The molecule has 0 N–H and O–H groups in total. The van der Waals surface area contributed by atoms with Crippen LogP contribution in [0.2, 0.25) is 0 Å². The molecule has 0 aliphatic heterocycles. The molecule has 0 amide bonds. The fraction of sp³-hybridized carbons (Fsp3) is 0.481. The summed E-state index contributed by atoms with van der Waals surface area (Å²) in [5.74, 6) is 3.72. The Morgan fingerprint density at radius 3 is 2.15 bits per heavy atom. The molecule has 2 aromatic carbocycles. The molecule has 0 bridgehead atoms. The van der Waals surface area contributed by atoms with E-state index in [4.69, 9.17) is 0 Å². The molecule has 0 radical (unpaired) electrons. The van der Waals surface area contributed by atoms with E-state index in [1.165, 1.54) is 68.1 Å². The number of benzene rings is 2. The second-order valence-electron chi connectivity index (χ2n) is 9.06. The maximum atomic E-state index is 3.90. The van der Waals surface area contributed by atoms with E-state index in [0.29, 0.717) is 0 Å². The molecule has 4 atom stereocenters. The lowest BCUT2D eigenvalue weighted by atomic mass is 9.63. The van der Waals surface area contributed by atoms with E-state index in [0.717, 1.165) is 23.7 Å². The van der Waals surface area contributed by atoms with Crippen molar-refractivity contribution in [3.8, 4) is 11.1 Å². The van der Waals surface area contributed by atoms with Crippen molar-refractivity contribution < 1.29 is 0 Å². The van der Waals surface area contributed by atoms with Crippen LogP contribution in [-0.2, 0) is 0 Å². The summed E-state index contributed by atoms with van der Waals surface area (Å²) >= 11 is 0. The predicted octanol–water partition coefficient (Wildman–Crippen LogP) is 7.93. The summed E-state index contributed by atoms with van der Waals surface area (Å²) in [5.41, 5.74) is 5.56. The fourth-order valence-electron chi connectivity index (χ4n) is 5.60. The van der Waals surface area contributed by atoms with E-state index in [9.17, 15) is 0 Å². The molecular weight excluding hydrogens is 324 g/mol. The third-order valence-electron chi connectivity index (χ3n) is 7.27. The van der Waals surface area contributed by atoms with Crippen molar-refractivity contribution in [3.05, 3.63) is 72.3 Å². The van der Waals surface area contributed by atoms with Gasteiger partial charge >= 0.3 is 0 Å². The minimum absolute atomic E-state index is 0.781. The number of hydrogen-bond donors (Lipinski definition) is 0. The highest BCUT2D eigenvalue weighted by atomic mass is 14.4. The van der Waals surface area contributed by atoms with Gasteiger partial charge in [-0.1, -0.05) is 66.6 Å². The summed E-state index contributed by atoms with van der Waals surface area (Å²) in [7, 11) is 0. The van der Waals surface area contributed by atoms with E-state index in [1.54, 1.807) is 5.56 Å². The maximum Gasteiger partial charge on any atom is -0.0159 e. The van der Waals surface area contributed by atoms with Crippen LogP contribution in [0, 0.1) is 24.7 Å². The average Bonchev–Trinajstić information content (AvgIpc) is 2.72. The Bertz CT molecular complexity index is 737. The lowest BCUT2D eigenvalue weighted by Gasteiger charge is -2.42. The van der Waals surface area contributed by atoms with Crippen molar-refractivity contribution in [1.82, 2.24) is 0 Å². The molecule has 4 rings (SSSR count). The lowest BCUT2D eigenvalue weighted by molar-refractivity contribution is 0.115. The topological polar surface area (TPSA) is 0 Å². The molecule has 0 saturated heterocycles. The molecule has 0 nitrogen and oxygen atoms in total. The molecule has 27 heavy (non-hydrogen) atoms. The van der Waals surface area contributed by atoms with Crippen LogP contribution >= 0.6 is 0 Å². The van der Waals surface area contributed by atoms with Gasteiger partial charge in [-0.15, -0.1) is 6.58 Å². The van der Waals surface area contributed by atoms with Crippen molar-refractivity contribution in [2.45, 2.75) is 64.2 Å². The van der Waals surface area contributed by atoms with E-state index < -0.39 is 0 Å². The zero-order chi connectivity index (χ0) is 18.6. The van der Waals surface area contributed by atoms with Crippen LogP contribution in [-0.4, -0.2) is 0 Å². The van der Waals surface area contributed by atoms with Gasteiger partial charge in [-0.2, -0.15) is 0 Å². The van der Waals surface area contributed by atoms with Crippen molar-refractivity contribution in [2.24, 2.45) is 17.8 Å². The van der Waals surface area contributed by atoms with E-state index >= 15 is 0 Å². The van der Waals surface area contributed by atoms with Crippen molar-refractivity contribution >= 4 is 0 Å². The first-order valence-electron chi connectivity index (χ1n) is 11.0. The van der Waals surface area contributed by atoms with Gasteiger partial charge in [0.2, 0.25) is 0 Å². The molecule has 2 aliphatic carbocycles. The SMILES string of the molecule is C=CCCC1CCC2CC(c3ccc(-c4ccc(C)cc4)cc3)CCC2C1. The maximum absolute atomic E-state index is 3.90. The number of hydrogen-bond acceptors (Lipinski definition) is 0. The Morgan fingerprint density at radius 2 is 1.44 bits per heavy atom. The highest BCUT2D eigenvalue weighted by molar-refractivity contribution is 5.64. The third-order valence-corrected chi connectivity index (χ3v) is 7.27. The molecule has 142 valence electrons. The van der Waals surface area contributed by atoms with E-state index in [1.807, 2.05) is 0 Å². The first kappa shape index (κ1) is 18.5. The van der Waals surface area contributed by atoms with Crippen molar-refractivity contribution in [2.75, 3.05) is 0 Å². The minimum atomic E-state index is 0.781. The highest BCUT2D eigenvalue weighted by Gasteiger charge is 2.35. The number of allylic oxidation sites excluding steroid dienone is 1. The molecule has 2 aliphatic rings. The number of aryl methyl sites for hydroxylation is 1. The monoisotopic (exact) mass is 358 g/mol. The first-order chi connectivity index (χ1) is 13.2. The second kappa shape index (κ2) is 8.46. The lowest BCUT2D eigenvalue weighted by Crippen LogP contribution is -2.30. The van der Waals surface area contributed by atoms with Crippen molar-refractivity contribution in [3.63, 3.8) is 0 Å². The van der Waals surface area contributed by atoms with Crippen LogP contribution in [0.1, 0.15) is 68.4 Å². The first-order valence-corrected chi connectivity index (χ1v) is 11.0. The summed E-state index contributed by atoms with van der Waals surface area (Å²) in [6, 6.07) is 18.3. The number of rotatable bonds is 5. The largest absolute Gasteiger partial charge is 0.103 e. The Morgan fingerprint density at radius 1 is 0.815 bits per heavy atom. The zero-order valence-electron chi connectivity index (χ0n) is 16.9. The second-order valence-corrected chi connectivity index (χ2v) is 9.06. The average molecular weight is 359 g/mol. The van der Waals surface area contributed by atoms with Crippen molar-refractivity contribution in [1.29, 1.82) is 0 Å². The van der Waals surface area contributed by atoms with Gasteiger partial charge in [-0.25, -0.2) is 0 Å². The zero-order valence-corrected chi connectivity index (χ0v) is 16.9. The molecule has 0 heteroatoms. The molecule has 2 fully saturated rings. The number of fused-ring (bicyclic) bond motifs is 1. The summed E-state index contributed by atoms with van der Waals surface area (Å²) in [6.07, 6.45) is 13.3. The Kier molecular flexibility index (Phi) is 5.81. The van der Waals surface area contributed by atoms with E-state index in [2.05, 4.69) is 68.1 Å². The Labute approximate surface area is 165 Å². The molecule has 0 heterocycles. The third kappa shape index (κ3) is 4.37. The van der Waals surface area contributed by atoms with Gasteiger partial charge in [-0.3, -0.25) is 0 Å². The molecule has 4 unspecified atom stereocenters. The summed E-state index contributed by atoms with van der Waals surface area (Å²) in [6.45, 7) is 6.05. The smallest absolute Gasteiger partial charge is 0.0159 e. The van der Waals surface area contributed by atoms with Gasteiger partial charge in [0.15, 0.2) is 0 Å². The standard InChI is InChI=1S/C27H34/c1-3-4-5-21-8-11-27-19-26(17-16-25(27)18-21)24-14-12-23(13-15-24)22-9-6-20(2)7-10-22/h3,6-7,9-10,12-15,21,25-27H,1,4-5,8,11,16-19H2,2H3. The fourth-order valence-corrected chi connectivity index (χ4v) is 5.60. The quantitative estimate of drug-likeness (QED) is 0.476. The summed E-state index contributed by atoms with van der Waals surface area (Å²) < 4.78 is 0. The minimum Gasteiger partial charge on any atom is -0.103 e. The van der Waals surface area contributed by atoms with Crippen LogP contribution in [0.25, 0.3) is 11.1 Å². The molecular formula is C27H34. The van der Waals surface area contributed by atoms with Crippen LogP contribution in [0.15, 0.2) is 61.2 Å². The summed E-state index contributed by atoms with van der Waals surface area (Å²) in [5, 5.41) is 0. The molecule has 2 aromatic rings. The molecule has 2 saturated carbocycles. The van der Waals surface area contributed by atoms with Gasteiger partial charge in [0.05, 0.1) is 0 Å². The normalized spacial score (nSPS) is 27.7. The summed E-state index contributed by atoms with van der Waals surface area (Å²) in [4.78, 5) is 0. The van der Waals surface area contributed by atoms with Gasteiger partial charge in [-0.05, 0) is 92.2 Å². The van der Waals surface area contributed by atoms with Crippen LogP contribution in [0.5, 0.6) is 0 Å². The Hall–Kier alpha value is -1.82. The van der Waals surface area contributed by atoms with Crippen LogP contribution in [0.3, 0.4) is 0 Å². The van der Waals surface area contributed by atoms with Gasteiger partial charge in [0, 0.05) is 0 Å². The van der Waals surface area contributed by atoms with Crippen LogP contribution < -0.4 is 0 Å². The van der Waals surface area contributed by atoms with Gasteiger partial charge in [0.25, 0.3) is 0 Å². The highest BCUT2D eigenvalue weighted by Crippen LogP contribution is 2.48. The van der Waals surface area contributed by atoms with Crippen LogP contribution in [0.4, 0.5) is 0 Å². The molecule has 0 spiro atoms.